The van der Waals surface area contributed by atoms with Crippen LogP contribution in [0.1, 0.15) is 32.4 Å². The lowest BCUT2D eigenvalue weighted by molar-refractivity contribution is 0.526. The van der Waals surface area contributed by atoms with Crippen molar-refractivity contribution < 1.29 is 4.42 Å². The topological polar surface area (TPSA) is 25.2 Å². The van der Waals surface area contributed by atoms with E-state index in [4.69, 9.17) is 4.42 Å². The quantitative estimate of drug-likeness (QED) is 0.722. The summed E-state index contributed by atoms with van der Waals surface area (Å²) in [7, 11) is 0. The molecule has 0 saturated carbocycles. The lowest BCUT2D eigenvalue weighted by Crippen LogP contribution is -2.27. The highest BCUT2D eigenvalue weighted by molar-refractivity contribution is 7.99. The summed E-state index contributed by atoms with van der Waals surface area (Å²) in [5, 5.41) is 3.49. The van der Waals surface area contributed by atoms with Gasteiger partial charge in [-0.15, -0.1) is 11.8 Å². The van der Waals surface area contributed by atoms with Crippen molar-refractivity contribution in [2.45, 2.75) is 44.6 Å². The molecule has 0 aromatic carbocycles. The van der Waals surface area contributed by atoms with Crippen molar-refractivity contribution in [2.75, 3.05) is 12.3 Å². The van der Waals surface area contributed by atoms with Gasteiger partial charge in [-0.1, -0.05) is 6.92 Å². The van der Waals surface area contributed by atoms with Crippen LogP contribution in [-0.2, 0) is 0 Å². The van der Waals surface area contributed by atoms with E-state index in [0.29, 0.717) is 6.04 Å². The Morgan fingerprint density at radius 1 is 1.53 bits per heavy atom. The van der Waals surface area contributed by atoms with Crippen LogP contribution >= 0.6 is 11.8 Å². The first-order chi connectivity index (χ1) is 7.24. The van der Waals surface area contributed by atoms with Crippen molar-refractivity contribution in [3.8, 4) is 0 Å². The molecule has 0 spiro atoms. The number of rotatable bonds is 7. The molecule has 1 atom stereocenters. The maximum atomic E-state index is 5.25. The van der Waals surface area contributed by atoms with E-state index in [1.54, 1.807) is 6.26 Å². The number of furan rings is 1. The molecule has 0 aliphatic rings. The Hall–Kier alpha value is -0.410. The zero-order valence-corrected chi connectivity index (χ0v) is 10.7. The Kier molecular flexibility index (Phi) is 5.88. The number of aryl methyl sites for hydroxylation is 1. The molecular formula is C12H21NOS. The molecule has 1 aromatic rings. The highest BCUT2D eigenvalue weighted by Gasteiger charge is 2.04. The molecule has 1 N–H and O–H groups in total. The molecule has 1 rings (SSSR count). The van der Waals surface area contributed by atoms with Gasteiger partial charge in [0.1, 0.15) is 5.76 Å². The third-order valence-electron chi connectivity index (χ3n) is 2.36. The van der Waals surface area contributed by atoms with Crippen LogP contribution in [0.2, 0.25) is 0 Å². The molecule has 1 unspecified atom stereocenters. The maximum absolute atomic E-state index is 5.25. The van der Waals surface area contributed by atoms with E-state index < -0.39 is 0 Å². The van der Waals surface area contributed by atoms with Crippen LogP contribution in [-0.4, -0.2) is 18.3 Å². The maximum Gasteiger partial charge on any atom is 0.114 e. The van der Waals surface area contributed by atoms with E-state index in [1.807, 2.05) is 24.8 Å². The smallest absolute Gasteiger partial charge is 0.114 e. The molecule has 86 valence electrons. The van der Waals surface area contributed by atoms with Gasteiger partial charge in [-0.05, 0) is 45.1 Å². The summed E-state index contributed by atoms with van der Waals surface area (Å²) >= 11 is 1.88. The van der Waals surface area contributed by atoms with E-state index in [2.05, 4.69) is 19.2 Å². The van der Waals surface area contributed by atoms with Gasteiger partial charge in [0.05, 0.1) is 6.26 Å². The largest absolute Gasteiger partial charge is 0.468 e. The van der Waals surface area contributed by atoms with Crippen LogP contribution in [0, 0.1) is 6.92 Å². The van der Waals surface area contributed by atoms with Gasteiger partial charge in [0.15, 0.2) is 0 Å². The van der Waals surface area contributed by atoms with Crippen LogP contribution in [0.3, 0.4) is 0 Å². The Labute approximate surface area is 96.8 Å². The predicted octanol–water partition coefficient (Wildman–Crippen LogP) is 3.46. The van der Waals surface area contributed by atoms with Gasteiger partial charge in [-0.25, -0.2) is 0 Å². The minimum absolute atomic E-state index is 0.615. The van der Waals surface area contributed by atoms with Crippen LogP contribution in [0.4, 0.5) is 0 Å². The molecule has 0 aliphatic carbocycles. The Balaban J connectivity index is 2.13. The Morgan fingerprint density at radius 3 is 2.93 bits per heavy atom. The SMILES string of the molecule is CCCNC(C)CCSc1ccoc1C. The fourth-order valence-corrected chi connectivity index (χ4v) is 2.46. The van der Waals surface area contributed by atoms with E-state index in [1.165, 1.54) is 17.7 Å². The molecular weight excluding hydrogens is 206 g/mol. The molecule has 15 heavy (non-hydrogen) atoms. The van der Waals surface area contributed by atoms with E-state index in [-0.39, 0.29) is 0 Å². The zero-order valence-electron chi connectivity index (χ0n) is 9.88. The summed E-state index contributed by atoms with van der Waals surface area (Å²) in [5.74, 6) is 2.19. The van der Waals surface area contributed by atoms with E-state index in [0.717, 1.165) is 18.1 Å². The number of hydrogen-bond acceptors (Lipinski definition) is 3. The summed E-state index contributed by atoms with van der Waals surface area (Å²) < 4.78 is 5.25. The number of nitrogens with one attached hydrogen (secondary N) is 1. The van der Waals surface area contributed by atoms with Gasteiger partial charge >= 0.3 is 0 Å². The zero-order chi connectivity index (χ0) is 11.1. The van der Waals surface area contributed by atoms with E-state index in [9.17, 15) is 0 Å². The van der Waals surface area contributed by atoms with Gasteiger partial charge in [-0.3, -0.25) is 0 Å². The highest BCUT2D eigenvalue weighted by Crippen LogP contribution is 2.23. The molecule has 0 saturated heterocycles. The lowest BCUT2D eigenvalue weighted by atomic mass is 10.2. The molecule has 0 radical (unpaired) electrons. The highest BCUT2D eigenvalue weighted by atomic mass is 32.2. The van der Waals surface area contributed by atoms with Crippen molar-refractivity contribution >= 4 is 11.8 Å². The van der Waals surface area contributed by atoms with Gasteiger partial charge in [0.25, 0.3) is 0 Å². The van der Waals surface area contributed by atoms with Crippen molar-refractivity contribution in [3.63, 3.8) is 0 Å². The minimum atomic E-state index is 0.615. The van der Waals surface area contributed by atoms with Crippen molar-refractivity contribution in [1.29, 1.82) is 0 Å². The summed E-state index contributed by atoms with van der Waals surface area (Å²) in [5.41, 5.74) is 0. The molecule has 2 nitrogen and oxygen atoms in total. The summed E-state index contributed by atoms with van der Waals surface area (Å²) in [6.07, 6.45) is 4.17. The molecule has 1 heterocycles. The fraction of sp³-hybridized carbons (Fsp3) is 0.667. The summed E-state index contributed by atoms with van der Waals surface area (Å²) in [6.45, 7) is 7.58. The third-order valence-corrected chi connectivity index (χ3v) is 3.54. The van der Waals surface area contributed by atoms with E-state index >= 15 is 0 Å². The molecule has 3 heteroatoms. The van der Waals surface area contributed by atoms with Crippen LogP contribution in [0.15, 0.2) is 21.6 Å². The Morgan fingerprint density at radius 2 is 2.33 bits per heavy atom. The molecule has 0 bridgehead atoms. The molecule has 1 aromatic heterocycles. The van der Waals surface area contributed by atoms with Crippen LogP contribution < -0.4 is 5.32 Å². The molecule has 0 aliphatic heterocycles. The van der Waals surface area contributed by atoms with Crippen LogP contribution in [0.5, 0.6) is 0 Å². The second kappa shape index (κ2) is 6.96. The Bertz CT molecular complexity index is 272. The van der Waals surface area contributed by atoms with Gasteiger partial charge in [0.2, 0.25) is 0 Å². The van der Waals surface area contributed by atoms with Crippen molar-refractivity contribution in [1.82, 2.24) is 5.32 Å². The first kappa shape index (κ1) is 12.7. The second-order valence-corrected chi connectivity index (χ2v) is 4.97. The average molecular weight is 227 g/mol. The monoisotopic (exact) mass is 227 g/mol. The van der Waals surface area contributed by atoms with Crippen molar-refractivity contribution in [2.24, 2.45) is 0 Å². The summed E-state index contributed by atoms with van der Waals surface area (Å²) in [4.78, 5) is 1.28. The van der Waals surface area contributed by atoms with Crippen LogP contribution in [0.25, 0.3) is 0 Å². The standard InChI is InChI=1S/C12H21NOS/c1-4-7-13-10(2)6-9-15-12-5-8-14-11(12)3/h5,8,10,13H,4,6-7,9H2,1-3H3. The first-order valence-electron chi connectivity index (χ1n) is 5.64. The minimum Gasteiger partial charge on any atom is -0.468 e. The van der Waals surface area contributed by atoms with Gasteiger partial charge in [-0.2, -0.15) is 0 Å². The predicted molar refractivity (Wildman–Crippen MR) is 66.5 cm³/mol. The normalized spacial score (nSPS) is 13.0. The average Bonchev–Trinajstić information content (AvgIpc) is 2.61. The lowest BCUT2D eigenvalue weighted by Gasteiger charge is -2.12. The van der Waals surface area contributed by atoms with Crippen molar-refractivity contribution in [3.05, 3.63) is 18.1 Å². The van der Waals surface area contributed by atoms with Gasteiger partial charge in [0, 0.05) is 10.9 Å². The molecule has 0 fully saturated rings. The second-order valence-electron chi connectivity index (χ2n) is 3.83. The summed E-state index contributed by atoms with van der Waals surface area (Å²) in [6, 6.07) is 2.66. The van der Waals surface area contributed by atoms with Gasteiger partial charge < -0.3 is 9.73 Å². The number of hydrogen-bond donors (Lipinski definition) is 1. The first-order valence-corrected chi connectivity index (χ1v) is 6.63. The number of thioether (sulfide) groups is 1. The fourth-order valence-electron chi connectivity index (χ4n) is 1.36. The molecule has 0 amide bonds. The third kappa shape index (κ3) is 4.76.